The summed E-state index contributed by atoms with van der Waals surface area (Å²) in [5.74, 6) is 0.196. The van der Waals surface area contributed by atoms with Gasteiger partial charge in [-0.3, -0.25) is 0 Å². The van der Waals surface area contributed by atoms with Crippen LogP contribution in [0.25, 0.3) is 11.1 Å². The SMILES string of the molecule is CCC(CC)C(O)CNC(=O)Nc1ccc2oc(N(C)C)nc2c1. The molecule has 7 nitrogen and oxygen atoms in total. The van der Waals surface area contributed by atoms with Crippen molar-refractivity contribution in [2.45, 2.75) is 32.8 Å². The Balaban J connectivity index is 1.95. The minimum absolute atomic E-state index is 0.196. The van der Waals surface area contributed by atoms with Crippen molar-refractivity contribution in [2.75, 3.05) is 30.9 Å². The van der Waals surface area contributed by atoms with Crippen LogP contribution in [-0.2, 0) is 0 Å². The molecule has 2 rings (SSSR count). The number of anilines is 2. The molecule has 7 heteroatoms. The predicted octanol–water partition coefficient (Wildman–Crippen LogP) is 2.81. The van der Waals surface area contributed by atoms with Crippen molar-refractivity contribution in [3.63, 3.8) is 0 Å². The van der Waals surface area contributed by atoms with Crippen molar-refractivity contribution in [3.8, 4) is 0 Å². The van der Waals surface area contributed by atoms with E-state index in [1.54, 1.807) is 23.1 Å². The van der Waals surface area contributed by atoms with Gasteiger partial charge in [-0.15, -0.1) is 0 Å². The van der Waals surface area contributed by atoms with Gasteiger partial charge >= 0.3 is 6.03 Å². The van der Waals surface area contributed by atoms with Crippen molar-refractivity contribution < 1.29 is 14.3 Å². The van der Waals surface area contributed by atoms with Gasteiger partial charge in [0.1, 0.15) is 5.52 Å². The van der Waals surface area contributed by atoms with Gasteiger partial charge in [0.05, 0.1) is 6.10 Å². The Morgan fingerprint density at radius 2 is 2.04 bits per heavy atom. The van der Waals surface area contributed by atoms with Crippen LogP contribution in [-0.4, -0.2) is 42.9 Å². The quantitative estimate of drug-likeness (QED) is 0.724. The summed E-state index contributed by atoms with van der Waals surface area (Å²) in [5, 5.41) is 15.5. The third kappa shape index (κ3) is 4.38. The topological polar surface area (TPSA) is 90.6 Å². The lowest BCUT2D eigenvalue weighted by Crippen LogP contribution is -2.38. The Hall–Kier alpha value is -2.28. The fourth-order valence-electron chi connectivity index (χ4n) is 2.56. The fourth-order valence-corrected chi connectivity index (χ4v) is 2.56. The summed E-state index contributed by atoms with van der Waals surface area (Å²) in [6, 6.07) is 5.44. The molecule has 0 radical (unpaired) electrons. The molecule has 2 amide bonds. The van der Waals surface area contributed by atoms with Gasteiger partial charge in [-0.05, 0) is 24.1 Å². The molecule has 0 saturated heterocycles. The maximum atomic E-state index is 12.0. The molecule has 24 heavy (non-hydrogen) atoms. The maximum Gasteiger partial charge on any atom is 0.319 e. The highest BCUT2D eigenvalue weighted by atomic mass is 16.4. The first-order valence-corrected chi connectivity index (χ1v) is 8.25. The number of amides is 2. The highest BCUT2D eigenvalue weighted by Crippen LogP contribution is 2.23. The van der Waals surface area contributed by atoms with Gasteiger partial charge in [0.25, 0.3) is 6.01 Å². The fraction of sp³-hybridized carbons (Fsp3) is 0.529. The molecule has 3 N–H and O–H groups in total. The molecular weight excluding hydrogens is 308 g/mol. The Kier molecular flexibility index (Phi) is 6.03. The van der Waals surface area contributed by atoms with Gasteiger partial charge in [0, 0.05) is 26.3 Å². The van der Waals surface area contributed by atoms with E-state index >= 15 is 0 Å². The van der Waals surface area contributed by atoms with E-state index in [2.05, 4.69) is 15.6 Å². The van der Waals surface area contributed by atoms with Crippen LogP contribution in [0.5, 0.6) is 0 Å². The Labute approximate surface area is 142 Å². The molecule has 1 aromatic carbocycles. The van der Waals surface area contributed by atoms with Crippen LogP contribution in [0.15, 0.2) is 22.6 Å². The van der Waals surface area contributed by atoms with Crippen LogP contribution in [0.3, 0.4) is 0 Å². The van der Waals surface area contributed by atoms with Gasteiger partial charge in [0.15, 0.2) is 5.58 Å². The van der Waals surface area contributed by atoms with Crippen molar-refractivity contribution in [2.24, 2.45) is 5.92 Å². The van der Waals surface area contributed by atoms with E-state index in [9.17, 15) is 9.90 Å². The van der Waals surface area contributed by atoms with Gasteiger partial charge < -0.3 is 25.1 Å². The number of carbonyl (C=O) groups is 1. The van der Waals surface area contributed by atoms with Gasteiger partial charge in [-0.1, -0.05) is 26.7 Å². The molecule has 0 saturated carbocycles. The third-order valence-corrected chi connectivity index (χ3v) is 4.08. The Bertz CT molecular complexity index is 680. The van der Waals surface area contributed by atoms with E-state index in [1.165, 1.54) is 0 Å². The van der Waals surface area contributed by atoms with Crippen LogP contribution in [0.4, 0.5) is 16.5 Å². The average Bonchev–Trinajstić information content (AvgIpc) is 2.97. The second kappa shape index (κ2) is 8.01. The number of oxazole rings is 1. The summed E-state index contributed by atoms with van der Waals surface area (Å²) < 4.78 is 5.57. The second-order valence-electron chi connectivity index (χ2n) is 6.05. The van der Waals surface area contributed by atoms with Crippen molar-refractivity contribution >= 4 is 28.8 Å². The number of fused-ring (bicyclic) bond motifs is 1. The number of aliphatic hydroxyl groups is 1. The lowest BCUT2D eigenvalue weighted by molar-refractivity contribution is 0.104. The number of nitrogens with zero attached hydrogens (tertiary/aromatic N) is 2. The first-order chi connectivity index (χ1) is 11.4. The number of nitrogens with one attached hydrogen (secondary N) is 2. The zero-order valence-corrected chi connectivity index (χ0v) is 14.7. The number of hydrogen-bond donors (Lipinski definition) is 3. The van der Waals surface area contributed by atoms with Crippen LogP contribution >= 0.6 is 0 Å². The smallest absolute Gasteiger partial charge is 0.319 e. The largest absolute Gasteiger partial charge is 0.423 e. The molecule has 0 fully saturated rings. The van der Waals surface area contributed by atoms with E-state index < -0.39 is 6.10 Å². The summed E-state index contributed by atoms with van der Waals surface area (Å²) >= 11 is 0. The summed E-state index contributed by atoms with van der Waals surface area (Å²) in [6.45, 7) is 4.30. The number of rotatable bonds is 7. The Morgan fingerprint density at radius 1 is 1.33 bits per heavy atom. The predicted molar refractivity (Wildman–Crippen MR) is 95.4 cm³/mol. The number of carbonyl (C=O) groups excluding carboxylic acids is 1. The summed E-state index contributed by atoms with van der Waals surface area (Å²) in [7, 11) is 3.70. The molecule has 0 aliphatic carbocycles. The zero-order chi connectivity index (χ0) is 17.7. The molecule has 1 aromatic heterocycles. The van der Waals surface area contributed by atoms with Crippen LogP contribution < -0.4 is 15.5 Å². The first-order valence-electron chi connectivity index (χ1n) is 8.25. The lowest BCUT2D eigenvalue weighted by atomic mass is 9.97. The number of hydrogen-bond acceptors (Lipinski definition) is 5. The summed E-state index contributed by atoms with van der Waals surface area (Å²) in [6.07, 6.45) is 1.24. The molecule has 2 aromatic rings. The van der Waals surface area contributed by atoms with E-state index in [4.69, 9.17) is 4.42 Å². The lowest BCUT2D eigenvalue weighted by Gasteiger charge is -2.20. The molecule has 132 valence electrons. The average molecular weight is 334 g/mol. The van der Waals surface area contributed by atoms with Crippen LogP contribution in [0.2, 0.25) is 0 Å². The molecule has 0 aliphatic heterocycles. The van der Waals surface area contributed by atoms with E-state index in [-0.39, 0.29) is 18.5 Å². The summed E-state index contributed by atoms with van der Waals surface area (Å²) in [5.41, 5.74) is 1.96. The summed E-state index contributed by atoms with van der Waals surface area (Å²) in [4.78, 5) is 18.1. The molecule has 0 spiro atoms. The van der Waals surface area contributed by atoms with Gasteiger partial charge in [-0.2, -0.15) is 4.98 Å². The van der Waals surface area contributed by atoms with Crippen molar-refractivity contribution in [1.82, 2.24) is 10.3 Å². The number of urea groups is 1. The molecule has 1 atom stereocenters. The second-order valence-corrected chi connectivity index (χ2v) is 6.05. The Morgan fingerprint density at radius 3 is 2.67 bits per heavy atom. The maximum absolute atomic E-state index is 12.0. The minimum Gasteiger partial charge on any atom is -0.423 e. The van der Waals surface area contributed by atoms with Crippen molar-refractivity contribution in [1.29, 1.82) is 0 Å². The molecule has 0 aliphatic rings. The molecule has 1 unspecified atom stereocenters. The highest BCUT2D eigenvalue weighted by Gasteiger charge is 2.16. The minimum atomic E-state index is -0.536. The van der Waals surface area contributed by atoms with Gasteiger partial charge in [0.2, 0.25) is 0 Å². The first kappa shape index (κ1) is 18.1. The van der Waals surface area contributed by atoms with E-state index in [0.29, 0.717) is 22.8 Å². The third-order valence-electron chi connectivity index (χ3n) is 4.08. The van der Waals surface area contributed by atoms with E-state index in [1.807, 2.05) is 27.9 Å². The number of aliphatic hydroxyl groups excluding tert-OH is 1. The number of aromatic nitrogens is 1. The van der Waals surface area contributed by atoms with E-state index in [0.717, 1.165) is 12.8 Å². The number of benzene rings is 1. The normalized spacial score (nSPS) is 12.4. The highest BCUT2D eigenvalue weighted by molar-refractivity contribution is 5.91. The van der Waals surface area contributed by atoms with Crippen LogP contribution in [0, 0.1) is 5.92 Å². The van der Waals surface area contributed by atoms with Crippen molar-refractivity contribution in [3.05, 3.63) is 18.2 Å². The van der Waals surface area contributed by atoms with Crippen LogP contribution in [0.1, 0.15) is 26.7 Å². The molecular formula is C17H26N4O3. The standard InChI is InChI=1S/C17H26N4O3/c1-5-11(6-2)14(22)10-18-16(23)19-12-7-8-15-13(9-12)20-17(24-15)21(3)4/h7-9,11,14,22H,5-6,10H2,1-4H3,(H2,18,19,23). The van der Waals surface area contributed by atoms with Gasteiger partial charge in [-0.25, -0.2) is 4.79 Å². The molecule has 1 heterocycles. The zero-order valence-electron chi connectivity index (χ0n) is 14.7. The molecule has 0 bridgehead atoms. The monoisotopic (exact) mass is 334 g/mol.